The molecule has 0 fully saturated rings. The predicted octanol–water partition coefficient (Wildman–Crippen LogP) is 3.92. The van der Waals surface area contributed by atoms with Crippen molar-refractivity contribution >= 4 is 28.7 Å². The maximum Gasteiger partial charge on any atom is 0.342 e. The average Bonchev–Trinajstić information content (AvgIpc) is 2.98. The van der Waals surface area contributed by atoms with Gasteiger partial charge < -0.3 is 10.4 Å². The van der Waals surface area contributed by atoms with E-state index in [0.717, 1.165) is 11.3 Å². The Balaban J connectivity index is 2.30. The van der Waals surface area contributed by atoms with Crippen molar-refractivity contribution in [2.45, 2.75) is 19.4 Å². The maximum absolute atomic E-state index is 11.1. The number of nitrogens with one attached hydrogen (secondary N) is 1. The lowest BCUT2D eigenvalue weighted by molar-refractivity contribution is -0.385. The summed E-state index contributed by atoms with van der Waals surface area (Å²) in [7, 11) is 0. The van der Waals surface area contributed by atoms with E-state index in [1.165, 1.54) is 18.2 Å². The van der Waals surface area contributed by atoms with Crippen molar-refractivity contribution in [2.75, 3.05) is 5.32 Å². The highest BCUT2D eigenvalue weighted by molar-refractivity contribution is 7.10. The van der Waals surface area contributed by atoms with Crippen molar-refractivity contribution in [3.63, 3.8) is 0 Å². The highest BCUT2D eigenvalue weighted by atomic mass is 32.1. The Bertz CT molecular complexity index is 655. The Morgan fingerprint density at radius 2 is 2.24 bits per heavy atom. The lowest BCUT2D eigenvalue weighted by Gasteiger charge is -2.17. The quantitative estimate of drug-likeness (QED) is 0.623. The molecule has 0 saturated carbocycles. The molecule has 110 valence electrons. The second kappa shape index (κ2) is 6.36. The standard InChI is InChI=1S/C14H14N2O4S/c1-2-11(13-4-3-7-21-13)15-9-5-6-12(16(19)20)10(8-9)14(17)18/h3-8,11,15H,2H2,1H3,(H,17,18). The van der Waals surface area contributed by atoms with E-state index < -0.39 is 16.6 Å². The van der Waals surface area contributed by atoms with E-state index in [2.05, 4.69) is 5.32 Å². The molecule has 0 aliphatic carbocycles. The summed E-state index contributed by atoms with van der Waals surface area (Å²) in [5.41, 5.74) is -0.165. The molecule has 2 N–H and O–H groups in total. The minimum atomic E-state index is -1.31. The van der Waals surface area contributed by atoms with Gasteiger partial charge in [-0.25, -0.2) is 4.79 Å². The molecule has 1 atom stereocenters. The number of carbonyl (C=O) groups is 1. The van der Waals surface area contributed by atoms with Gasteiger partial charge in [0.2, 0.25) is 0 Å². The molecule has 2 rings (SSSR count). The SMILES string of the molecule is CCC(Nc1ccc([N+](=O)[O-])c(C(=O)O)c1)c1cccs1. The van der Waals surface area contributed by atoms with Crippen LogP contribution in [0.1, 0.15) is 34.6 Å². The predicted molar refractivity (Wildman–Crippen MR) is 81.0 cm³/mol. The summed E-state index contributed by atoms with van der Waals surface area (Å²) in [6, 6.07) is 8.04. The smallest absolute Gasteiger partial charge is 0.342 e. The normalized spacial score (nSPS) is 11.9. The zero-order valence-corrected chi connectivity index (χ0v) is 12.1. The first kappa shape index (κ1) is 15.0. The van der Waals surface area contributed by atoms with Gasteiger partial charge in [-0.15, -0.1) is 11.3 Å². The molecule has 0 aliphatic heterocycles. The van der Waals surface area contributed by atoms with E-state index >= 15 is 0 Å². The molecule has 0 aliphatic rings. The van der Waals surface area contributed by atoms with Crippen LogP contribution >= 0.6 is 11.3 Å². The lowest BCUT2D eigenvalue weighted by Crippen LogP contribution is -2.10. The lowest BCUT2D eigenvalue weighted by atomic mass is 10.1. The van der Waals surface area contributed by atoms with Gasteiger partial charge in [-0.3, -0.25) is 10.1 Å². The van der Waals surface area contributed by atoms with E-state index in [0.29, 0.717) is 5.69 Å². The summed E-state index contributed by atoms with van der Waals surface area (Å²) in [4.78, 5) is 22.4. The molecule has 6 nitrogen and oxygen atoms in total. The van der Waals surface area contributed by atoms with Crippen molar-refractivity contribution in [3.05, 3.63) is 56.3 Å². The molecule has 0 saturated heterocycles. The molecule has 0 bridgehead atoms. The third kappa shape index (κ3) is 3.38. The Morgan fingerprint density at radius 1 is 1.48 bits per heavy atom. The Morgan fingerprint density at radius 3 is 2.76 bits per heavy atom. The van der Waals surface area contributed by atoms with E-state index in [1.54, 1.807) is 11.3 Å². The first-order valence-electron chi connectivity index (χ1n) is 6.34. The molecule has 21 heavy (non-hydrogen) atoms. The Labute approximate surface area is 125 Å². The summed E-state index contributed by atoms with van der Waals surface area (Å²) in [5.74, 6) is -1.31. The van der Waals surface area contributed by atoms with Crippen LogP contribution in [0.3, 0.4) is 0 Å². The molecule has 0 radical (unpaired) electrons. The molecule has 1 aromatic carbocycles. The van der Waals surface area contributed by atoms with Crippen LogP contribution in [0, 0.1) is 10.1 Å². The van der Waals surface area contributed by atoms with Gasteiger partial charge in [0.05, 0.1) is 11.0 Å². The second-order valence-electron chi connectivity index (χ2n) is 4.41. The molecule has 2 aromatic rings. The topological polar surface area (TPSA) is 92.5 Å². The number of nitro benzene ring substituents is 1. The highest BCUT2D eigenvalue weighted by Gasteiger charge is 2.20. The van der Waals surface area contributed by atoms with Crippen molar-refractivity contribution in [1.82, 2.24) is 0 Å². The van der Waals surface area contributed by atoms with Gasteiger partial charge in [-0.05, 0) is 30.0 Å². The third-order valence-corrected chi connectivity index (χ3v) is 4.05. The van der Waals surface area contributed by atoms with Gasteiger partial charge in [0.15, 0.2) is 0 Å². The fourth-order valence-corrected chi connectivity index (χ4v) is 2.88. The van der Waals surface area contributed by atoms with Gasteiger partial charge in [-0.2, -0.15) is 0 Å². The Kier molecular flexibility index (Phi) is 4.54. The number of hydrogen-bond acceptors (Lipinski definition) is 5. The van der Waals surface area contributed by atoms with E-state index in [-0.39, 0.29) is 11.6 Å². The van der Waals surface area contributed by atoms with Crippen molar-refractivity contribution in [3.8, 4) is 0 Å². The summed E-state index contributed by atoms with van der Waals surface area (Å²) in [6.45, 7) is 2.01. The van der Waals surface area contributed by atoms with E-state index in [1.807, 2.05) is 24.4 Å². The fourth-order valence-electron chi connectivity index (χ4n) is 2.02. The summed E-state index contributed by atoms with van der Waals surface area (Å²) in [6.07, 6.45) is 0.819. The van der Waals surface area contributed by atoms with Gasteiger partial charge >= 0.3 is 5.97 Å². The Hall–Kier alpha value is -2.41. The number of aromatic carboxylic acids is 1. The number of carboxylic acid groups (broad SMARTS) is 1. The molecule has 1 aromatic heterocycles. The van der Waals surface area contributed by atoms with Gasteiger partial charge in [-0.1, -0.05) is 13.0 Å². The zero-order chi connectivity index (χ0) is 15.4. The van der Waals surface area contributed by atoms with Crippen molar-refractivity contribution < 1.29 is 14.8 Å². The first-order chi connectivity index (χ1) is 10.0. The molecule has 7 heteroatoms. The minimum Gasteiger partial charge on any atom is -0.477 e. The number of anilines is 1. The number of nitro groups is 1. The molecular formula is C14H14N2O4S. The molecule has 0 amide bonds. The molecular weight excluding hydrogens is 292 g/mol. The highest BCUT2D eigenvalue weighted by Crippen LogP contribution is 2.29. The van der Waals surface area contributed by atoms with Gasteiger partial charge in [0, 0.05) is 16.6 Å². The molecule has 1 unspecified atom stereocenters. The molecule has 1 heterocycles. The van der Waals surface area contributed by atoms with Gasteiger partial charge in [0.25, 0.3) is 5.69 Å². The van der Waals surface area contributed by atoms with Crippen LogP contribution in [0.4, 0.5) is 11.4 Å². The van der Waals surface area contributed by atoms with Crippen molar-refractivity contribution in [1.29, 1.82) is 0 Å². The van der Waals surface area contributed by atoms with E-state index in [9.17, 15) is 14.9 Å². The third-order valence-electron chi connectivity index (χ3n) is 3.06. The van der Waals surface area contributed by atoms with Crippen LogP contribution in [0.15, 0.2) is 35.7 Å². The number of benzene rings is 1. The number of thiophene rings is 1. The second-order valence-corrected chi connectivity index (χ2v) is 5.39. The number of nitrogens with zero attached hydrogens (tertiary/aromatic N) is 1. The summed E-state index contributed by atoms with van der Waals surface area (Å²) >= 11 is 1.61. The number of carboxylic acids is 1. The minimum absolute atomic E-state index is 0.0492. The van der Waals surface area contributed by atoms with Crippen LogP contribution in [-0.4, -0.2) is 16.0 Å². The average molecular weight is 306 g/mol. The monoisotopic (exact) mass is 306 g/mol. The summed E-state index contributed by atoms with van der Waals surface area (Å²) < 4.78 is 0. The van der Waals surface area contributed by atoms with E-state index in [4.69, 9.17) is 5.11 Å². The van der Waals surface area contributed by atoms with Crippen LogP contribution in [0.2, 0.25) is 0 Å². The number of rotatable bonds is 6. The summed E-state index contributed by atoms with van der Waals surface area (Å²) in [5, 5.41) is 25.1. The van der Waals surface area contributed by atoms with Gasteiger partial charge in [0.1, 0.15) is 5.56 Å². The maximum atomic E-state index is 11.1. The van der Waals surface area contributed by atoms with Crippen LogP contribution < -0.4 is 5.32 Å². The van der Waals surface area contributed by atoms with Crippen LogP contribution in [0.25, 0.3) is 0 Å². The largest absolute Gasteiger partial charge is 0.477 e. The van der Waals surface area contributed by atoms with Crippen LogP contribution in [0.5, 0.6) is 0 Å². The number of hydrogen-bond donors (Lipinski definition) is 2. The zero-order valence-electron chi connectivity index (χ0n) is 11.3. The fraction of sp³-hybridized carbons (Fsp3) is 0.214. The first-order valence-corrected chi connectivity index (χ1v) is 7.22. The van der Waals surface area contributed by atoms with Crippen LogP contribution in [-0.2, 0) is 0 Å². The molecule has 0 spiro atoms. The van der Waals surface area contributed by atoms with Crippen molar-refractivity contribution in [2.24, 2.45) is 0 Å².